The molecule has 2 heteroatoms. The maximum Gasteiger partial charge on any atom is 0.223 e. The molecule has 0 aromatic heterocycles. The summed E-state index contributed by atoms with van der Waals surface area (Å²) in [5, 5.41) is 0. The van der Waals surface area contributed by atoms with Gasteiger partial charge in [0.1, 0.15) is 0 Å². The molecule has 0 bridgehead atoms. The fourth-order valence-corrected chi connectivity index (χ4v) is 2.12. The van der Waals surface area contributed by atoms with Crippen LogP contribution in [0.4, 0.5) is 0 Å². The van der Waals surface area contributed by atoms with Gasteiger partial charge in [-0.15, -0.1) is 0 Å². The molecule has 0 aliphatic carbocycles. The van der Waals surface area contributed by atoms with Crippen LogP contribution in [0.5, 0.6) is 0 Å². The highest BCUT2D eigenvalue weighted by atomic mass is 16.2. The average molecular weight is 197 g/mol. The van der Waals surface area contributed by atoms with E-state index < -0.39 is 0 Å². The van der Waals surface area contributed by atoms with Gasteiger partial charge in [0.2, 0.25) is 5.91 Å². The highest BCUT2D eigenvalue weighted by Crippen LogP contribution is 2.28. The Hall–Kier alpha value is -0.530. The molecule has 3 atom stereocenters. The highest BCUT2D eigenvalue weighted by molar-refractivity contribution is 5.79. The quantitative estimate of drug-likeness (QED) is 0.678. The second-order valence-corrected chi connectivity index (χ2v) is 4.65. The number of hydrogen-bond acceptors (Lipinski definition) is 1. The van der Waals surface area contributed by atoms with E-state index in [0.29, 0.717) is 23.8 Å². The lowest BCUT2D eigenvalue weighted by molar-refractivity contribution is -0.129. The second kappa shape index (κ2) is 4.81. The van der Waals surface area contributed by atoms with Crippen molar-refractivity contribution < 1.29 is 4.79 Å². The summed E-state index contributed by atoms with van der Waals surface area (Å²) in [6.45, 7) is 9.76. The number of rotatable bonds is 4. The van der Waals surface area contributed by atoms with Crippen molar-refractivity contribution in [1.29, 1.82) is 0 Å². The minimum absolute atomic E-state index is 0.365. The van der Waals surface area contributed by atoms with Crippen LogP contribution in [0.25, 0.3) is 0 Å². The van der Waals surface area contributed by atoms with Crippen molar-refractivity contribution in [3.8, 4) is 0 Å². The predicted molar refractivity (Wildman–Crippen MR) is 59.0 cm³/mol. The van der Waals surface area contributed by atoms with Crippen molar-refractivity contribution in [2.75, 3.05) is 6.54 Å². The molecule has 82 valence electrons. The lowest BCUT2D eigenvalue weighted by atomic mass is 9.91. The van der Waals surface area contributed by atoms with Crippen LogP contribution in [0.3, 0.4) is 0 Å². The first kappa shape index (κ1) is 11.5. The fraction of sp³-hybridized carbons (Fsp3) is 0.917. The molecule has 1 aliphatic rings. The van der Waals surface area contributed by atoms with Crippen LogP contribution >= 0.6 is 0 Å². The Morgan fingerprint density at radius 1 is 1.36 bits per heavy atom. The summed E-state index contributed by atoms with van der Waals surface area (Å²) in [7, 11) is 0. The van der Waals surface area contributed by atoms with Crippen LogP contribution in [0, 0.1) is 11.8 Å². The number of carbonyl (C=O) groups excluding carboxylic acids is 1. The molecule has 1 heterocycles. The number of amides is 1. The Labute approximate surface area is 87.7 Å². The molecule has 14 heavy (non-hydrogen) atoms. The third-order valence-corrected chi connectivity index (χ3v) is 3.76. The summed E-state index contributed by atoms with van der Waals surface area (Å²) in [5.74, 6) is 1.65. The first-order valence-corrected chi connectivity index (χ1v) is 5.89. The first-order chi connectivity index (χ1) is 6.60. The molecule has 1 fully saturated rings. The molecule has 0 aromatic carbocycles. The van der Waals surface area contributed by atoms with E-state index in [-0.39, 0.29) is 0 Å². The van der Waals surface area contributed by atoms with Gasteiger partial charge in [-0.05, 0) is 25.2 Å². The Balaban J connectivity index is 2.55. The fourth-order valence-electron chi connectivity index (χ4n) is 2.12. The third kappa shape index (κ3) is 2.28. The summed E-state index contributed by atoms with van der Waals surface area (Å²) in [6.07, 6.45) is 3.03. The zero-order valence-corrected chi connectivity index (χ0v) is 9.92. The van der Waals surface area contributed by atoms with Gasteiger partial charge < -0.3 is 4.90 Å². The van der Waals surface area contributed by atoms with Crippen molar-refractivity contribution >= 4 is 5.91 Å². The van der Waals surface area contributed by atoms with Gasteiger partial charge >= 0.3 is 0 Å². The van der Waals surface area contributed by atoms with Gasteiger partial charge in [0.15, 0.2) is 0 Å². The summed E-state index contributed by atoms with van der Waals surface area (Å²) in [4.78, 5) is 13.8. The van der Waals surface area contributed by atoms with Crippen molar-refractivity contribution in [2.45, 2.75) is 53.0 Å². The Morgan fingerprint density at radius 2 is 2.00 bits per heavy atom. The second-order valence-electron chi connectivity index (χ2n) is 4.65. The van der Waals surface area contributed by atoms with Gasteiger partial charge in [-0.1, -0.05) is 27.2 Å². The monoisotopic (exact) mass is 197 g/mol. The smallest absolute Gasteiger partial charge is 0.223 e. The average Bonchev–Trinajstić information content (AvgIpc) is 2.58. The van der Waals surface area contributed by atoms with Gasteiger partial charge in [-0.25, -0.2) is 0 Å². The molecule has 1 saturated heterocycles. The van der Waals surface area contributed by atoms with Gasteiger partial charge in [0.05, 0.1) is 0 Å². The van der Waals surface area contributed by atoms with Crippen molar-refractivity contribution in [2.24, 2.45) is 11.8 Å². The lowest BCUT2D eigenvalue weighted by Gasteiger charge is -2.24. The standard InChI is InChI=1S/C12H23NO/c1-5-9(3)11-7-12(14)13(8-11)10(4)6-2/h9-11H,5-8H2,1-4H3. The van der Waals surface area contributed by atoms with E-state index in [1.165, 1.54) is 6.42 Å². The van der Waals surface area contributed by atoms with Gasteiger partial charge in [-0.2, -0.15) is 0 Å². The molecule has 1 rings (SSSR count). The third-order valence-electron chi connectivity index (χ3n) is 3.76. The molecular weight excluding hydrogens is 174 g/mol. The molecule has 0 saturated carbocycles. The number of nitrogens with zero attached hydrogens (tertiary/aromatic N) is 1. The summed E-state index contributed by atoms with van der Waals surface area (Å²) < 4.78 is 0. The zero-order valence-electron chi connectivity index (χ0n) is 9.92. The molecule has 0 N–H and O–H groups in total. The lowest BCUT2D eigenvalue weighted by Crippen LogP contribution is -2.34. The Bertz CT molecular complexity index is 202. The molecule has 1 amide bonds. The van der Waals surface area contributed by atoms with E-state index in [9.17, 15) is 4.79 Å². The van der Waals surface area contributed by atoms with Gasteiger partial charge in [0.25, 0.3) is 0 Å². The van der Waals surface area contributed by atoms with E-state index in [1.54, 1.807) is 0 Å². The summed E-state index contributed by atoms with van der Waals surface area (Å²) in [6, 6.07) is 0.427. The van der Waals surface area contributed by atoms with Crippen LogP contribution in [0.15, 0.2) is 0 Å². The minimum Gasteiger partial charge on any atom is -0.340 e. The topological polar surface area (TPSA) is 20.3 Å². The maximum atomic E-state index is 11.7. The van der Waals surface area contributed by atoms with Crippen molar-refractivity contribution in [3.63, 3.8) is 0 Å². The minimum atomic E-state index is 0.365. The van der Waals surface area contributed by atoms with E-state index in [2.05, 4.69) is 32.6 Å². The number of carbonyl (C=O) groups is 1. The van der Waals surface area contributed by atoms with Crippen LogP contribution in [0.2, 0.25) is 0 Å². The number of hydrogen-bond donors (Lipinski definition) is 0. The molecule has 0 spiro atoms. The summed E-state index contributed by atoms with van der Waals surface area (Å²) in [5.41, 5.74) is 0. The molecule has 1 aliphatic heterocycles. The first-order valence-electron chi connectivity index (χ1n) is 5.89. The van der Waals surface area contributed by atoms with E-state index >= 15 is 0 Å². The molecule has 0 aromatic rings. The van der Waals surface area contributed by atoms with Gasteiger partial charge in [0, 0.05) is 19.0 Å². The van der Waals surface area contributed by atoms with E-state index in [1.807, 2.05) is 0 Å². The van der Waals surface area contributed by atoms with Crippen LogP contribution in [-0.4, -0.2) is 23.4 Å². The maximum absolute atomic E-state index is 11.7. The Morgan fingerprint density at radius 3 is 2.50 bits per heavy atom. The van der Waals surface area contributed by atoms with Crippen molar-refractivity contribution in [3.05, 3.63) is 0 Å². The molecule has 3 unspecified atom stereocenters. The largest absolute Gasteiger partial charge is 0.340 e. The van der Waals surface area contributed by atoms with Crippen molar-refractivity contribution in [1.82, 2.24) is 4.90 Å². The highest BCUT2D eigenvalue weighted by Gasteiger charge is 2.33. The number of likely N-dealkylation sites (tertiary alicyclic amines) is 1. The normalized spacial score (nSPS) is 26.7. The zero-order chi connectivity index (χ0) is 10.7. The molecule has 2 nitrogen and oxygen atoms in total. The predicted octanol–water partition coefficient (Wildman–Crippen LogP) is 2.68. The van der Waals surface area contributed by atoms with Crippen LogP contribution in [-0.2, 0) is 4.79 Å². The van der Waals surface area contributed by atoms with Gasteiger partial charge in [-0.3, -0.25) is 4.79 Å². The SMILES string of the molecule is CCC(C)C1CC(=O)N(C(C)CC)C1. The van der Waals surface area contributed by atoms with E-state index in [0.717, 1.165) is 19.4 Å². The van der Waals surface area contributed by atoms with Crippen LogP contribution in [0.1, 0.15) is 47.0 Å². The summed E-state index contributed by atoms with van der Waals surface area (Å²) >= 11 is 0. The van der Waals surface area contributed by atoms with Crippen LogP contribution < -0.4 is 0 Å². The molecular formula is C12H23NO. The van der Waals surface area contributed by atoms with E-state index in [4.69, 9.17) is 0 Å². The Kier molecular flexibility index (Phi) is 3.97. The molecule has 0 radical (unpaired) electrons.